The first kappa shape index (κ1) is 20.8. The van der Waals surface area contributed by atoms with Crippen molar-refractivity contribution in [2.75, 3.05) is 0 Å². The molecule has 0 radical (unpaired) electrons. The van der Waals surface area contributed by atoms with Crippen molar-refractivity contribution in [1.82, 2.24) is 15.5 Å². The lowest BCUT2D eigenvalue weighted by molar-refractivity contribution is -0.136. The quantitative estimate of drug-likeness (QED) is 0.566. The van der Waals surface area contributed by atoms with Crippen molar-refractivity contribution >= 4 is 23.6 Å². The van der Waals surface area contributed by atoms with E-state index in [0.717, 1.165) is 0 Å². The summed E-state index contributed by atoms with van der Waals surface area (Å²) >= 11 is 0. The molecule has 2 aliphatic heterocycles. The molecule has 1 saturated heterocycles. The molecular weight excluding hydrogens is 408 g/mol. The van der Waals surface area contributed by atoms with Crippen molar-refractivity contribution in [3.05, 3.63) is 70.3 Å². The second-order valence-electron chi connectivity index (χ2n) is 7.54. The Morgan fingerprint density at radius 1 is 1.22 bits per heavy atom. The number of nitrogens with one attached hydrogen (secondary N) is 2. The monoisotopic (exact) mass is 426 g/mol. The van der Waals surface area contributed by atoms with Gasteiger partial charge in [-0.05, 0) is 36.2 Å². The van der Waals surface area contributed by atoms with Crippen LogP contribution in [0.1, 0.15) is 56.3 Å². The highest BCUT2D eigenvalue weighted by atomic mass is 16.2. The Labute approximate surface area is 184 Å². The molecule has 1 unspecified atom stereocenters. The van der Waals surface area contributed by atoms with Crippen LogP contribution in [-0.4, -0.2) is 34.6 Å². The van der Waals surface area contributed by atoms with Gasteiger partial charge >= 0.3 is 0 Å². The Balaban J connectivity index is 1.53. The zero-order valence-corrected chi connectivity index (χ0v) is 16.9. The zero-order chi connectivity index (χ0) is 22.8. The second-order valence-corrected chi connectivity index (χ2v) is 7.54. The zero-order valence-electron chi connectivity index (χ0n) is 16.9. The van der Waals surface area contributed by atoms with Gasteiger partial charge in [0, 0.05) is 29.7 Å². The molecule has 158 valence electrons. The summed E-state index contributed by atoms with van der Waals surface area (Å²) in [6, 6.07) is 11.9. The van der Waals surface area contributed by atoms with Crippen LogP contribution in [0.25, 0.3) is 0 Å². The number of amides is 4. The van der Waals surface area contributed by atoms with E-state index in [1.165, 1.54) is 11.0 Å². The summed E-state index contributed by atoms with van der Waals surface area (Å²) in [6.07, 6.45) is 6.03. The molecule has 0 bridgehead atoms. The van der Waals surface area contributed by atoms with Crippen LogP contribution in [0.5, 0.6) is 0 Å². The molecule has 2 aromatic carbocycles. The number of nitrogens with zero attached hydrogens (tertiary/aromatic N) is 2. The highest BCUT2D eigenvalue weighted by molar-refractivity contribution is 6.06. The molecular formula is C24H18N4O4. The second kappa shape index (κ2) is 8.37. The fraction of sp³-hybridized carbons (Fsp3) is 0.208. The van der Waals surface area contributed by atoms with E-state index in [4.69, 9.17) is 6.42 Å². The molecule has 8 nitrogen and oxygen atoms in total. The molecule has 0 spiro atoms. The average molecular weight is 426 g/mol. The van der Waals surface area contributed by atoms with Crippen LogP contribution >= 0.6 is 0 Å². The number of carbonyl (C=O) groups excluding carboxylic acids is 4. The largest absolute Gasteiger partial charge is 0.334 e. The molecule has 2 atom stereocenters. The predicted molar refractivity (Wildman–Crippen MR) is 113 cm³/mol. The van der Waals surface area contributed by atoms with Gasteiger partial charge in [-0.3, -0.25) is 24.5 Å². The summed E-state index contributed by atoms with van der Waals surface area (Å²) in [4.78, 5) is 50.6. The minimum absolute atomic E-state index is 0.164. The number of carbonyl (C=O) groups is 4. The minimum atomic E-state index is -0.798. The number of imide groups is 1. The molecule has 2 aliphatic rings. The third kappa shape index (κ3) is 3.70. The number of nitriles is 1. The van der Waals surface area contributed by atoms with Crippen LogP contribution < -0.4 is 10.6 Å². The first-order valence-electron chi connectivity index (χ1n) is 9.96. The lowest BCUT2D eigenvalue weighted by Crippen LogP contribution is -2.52. The fourth-order valence-corrected chi connectivity index (χ4v) is 3.99. The van der Waals surface area contributed by atoms with E-state index in [2.05, 4.69) is 22.6 Å². The van der Waals surface area contributed by atoms with Crippen molar-refractivity contribution in [3.63, 3.8) is 0 Å². The van der Waals surface area contributed by atoms with Gasteiger partial charge in [0.2, 0.25) is 11.8 Å². The third-order valence-electron chi connectivity index (χ3n) is 5.62. The number of benzene rings is 2. The molecule has 2 aromatic rings. The Morgan fingerprint density at radius 3 is 2.72 bits per heavy atom. The molecule has 0 aliphatic carbocycles. The molecule has 2 heterocycles. The van der Waals surface area contributed by atoms with Gasteiger partial charge in [-0.25, -0.2) is 0 Å². The molecule has 8 heteroatoms. The Kier molecular flexibility index (Phi) is 5.44. The van der Waals surface area contributed by atoms with Crippen LogP contribution in [0.3, 0.4) is 0 Å². The SMILES string of the molecule is C#C[C@@H](NC(=O)c1ccc2c(c1)CN(C1CCC(=O)NC1=O)C2=O)c1ccccc1C#N. The summed E-state index contributed by atoms with van der Waals surface area (Å²) < 4.78 is 0. The van der Waals surface area contributed by atoms with Crippen LogP contribution in [0.2, 0.25) is 0 Å². The summed E-state index contributed by atoms with van der Waals surface area (Å²) in [5.41, 5.74) is 2.22. The minimum Gasteiger partial charge on any atom is -0.334 e. The van der Waals surface area contributed by atoms with E-state index in [0.29, 0.717) is 27.8 Å². The standard InChI is InChI=1S/C24H18N4O4/c1-2-19(17-6-4-3-5-15(17)12-25)26-22(30)14-7-8-18-16(11-14)13-28(24(18)32)20-9-10-21(29)27-23(20)31/h1,3-8,11,19-20H,9-10,13H2,(H,26,30)(H,27,29,31)/t19-,20?/m1/s1. The predicted octanol–water partition coefficient (Wildman–Crippen LogP) is 1.42. The van der Waals surface area contributed by atoms with Crippen molar-refractivity contribution in [2.24, 2.45) is 0 Å². The number of terminal acetylenes is 1. The Morgan fingerprint density at radius 2 is 2.00 bits per heavy atom. The van der Waals surface area contributed by atoms with Crippen molar-refractivity contribution in [1.29, 1.82) is 5.26 Å². The fourth-order valence-electron chi connectivity index (χ4n) is 3.99. The van der Waals surface area contributed by atoms with E-state index in [9.17, 15) is 24.4 Å². The van der Waals surface area contributed by atoms with Crippen molar-refractivity contribution in [3.8, 4) is 18.4 Å². The molecule has 0 saturated carbocycles. The van der Waals surface area contributed by atoms with Gasteiger partial charge in [0.25, 0.3) is 11.8 Å². The van der Waals surface area contributed by atoms with E-state index in [1.807, 2.05) is 0 Å². The van der Waals surface area contributed by atoms with Crippen molar-refractivity contribution < 1.29 is 19.2 Å². The number of hydrogen-bond acceptors (Lipinski definition) is 5. The van der Waals surface area contributed by atoms with E-state index >= 15 is 0 Å². The first-order valence-corrected chi connectivity index (χ1v) is 9.96. The summed E-state index contributed by atoms with van der Waals surface area (Å²) in [6.45, 7) is 0.164. The smallest absolute Gasteiger partial charge is 0.255 e. The number of hydrogen-bond donors (Lipinski definition) is 2. The molecule has 2 N–H and O–H groups in total. The summed E-state index contributed by atoms with van der Waals surface area (Å²) in [5, 5.41) is 14.3. The van der Waals surface area contributed by atoms with Gasteiger partial charge in [0.1, 0.15) is 12.1 Å². The van der Waals surface area contributed by atoms with Crippen LogP contribution in [0.15, 0.2) is 42.5 Å². The van der Waals surface area contributed by atoms with Gasteiger partial charge in [-0.15, -0.1) is 6.42 Å². The van der Waals surface area contributed by atoms with Crippen LogP contribution in [0.4, 0.5) is 0 Å². The lowest BCUT2D eigenvalue weighted by atomic mass is 10.0. The van der Waals surface area contributed by atoms with Crippen LogP contribution in [0, 0.1) is 23.7 Å². The molecule has 32 heavy (non-hydrogen) atoms. The Hall–Kier alpha value is -4.43. The maximum Gasteiger partial charge on any atom is 0.255 e. The van der Waals surface area contributed by atoms with Crippen molar-refractivity contribution in [2.45, 2.75) is 31.5 Å². The van der Waals surface area contributed by atoms with Gasteiger partial charge in [-0.2, -0.15) is 5.26 Å². The number of rotatable bonds is 4. The average Bonchev–Trinajstić information content (AvgIpc) is 3.12. The Bertz CT molecular complexity index is 1240. The van der Waals surface area contributed by atoms with Gasteiger partial charge in [0.05, 0.1) is 11.6 Å². The van der Waals surface area contributed by atoms with E-state index < -0.39 is 23.9 Å². The topological polar surface area (TPSA) is 119 Å². The number of fused-ring (bicyclic) bond motifs is 1. The lowest BCUT2D eigenvalue weighted by Gasteiger charge is -2.29. The summed E-state index contributed by atoms with van der Waals surface area (Å²) in [7, 11) is 0. The summed E-state index contributed by atoms with van der Waals surface area (Å²) in [5.74, 6) is 0.888. The third-order valence-corrected chi connectivity index (χ3v) is 5.62. The van der Waals surface area contributed by atoms with Gasteiger partial charge in [0.15, 0.2) is 0 Å². The van der Waals surface area contributed by atoms with Crippen LogP contribution in [-0.2, 0) is 16.1 Å². The highest BCUT2D eigenvalue weighted by Crippen LogP contribution is 2.28. The number of piperidine rings is 1. The molecule has 0 aromatic heterocycles. The van der Waals surface area contributed by atoms with E-state index in [1.54, 1.807) is 36.4 Å². The first-order chi connectivity index (χ1) is 15.4. The molecule has 4 amide bonds. The molecule has 4 rings (SSSR count). The van der Waals surface area contributed by atoms with E-state index in [-0.39, 0.29) is 31.2 Å². The maximum atomic E-state index is 12.8. The van der Waals surface area contributed by atoms with Gasteiger partial charge < -0.3 is 10.2 Å². The highest BCUT2D eigenvalue weighted by Gasteiger charge is 2.39. The molecule has 1 fully saturated rings. The van der Waals surface area contributed by atoms with Gasteiger partial charge in [-0.1, -0.05) is 24.1 Å². The normalized spacial score (nSPS) is 18.2. The maximum absolute atomic E-state index is 12.8.